The van der Waals surface area contributed by atoms with Gasteiger partial charge in [0.1, 0.15) is 17.2 Å². The third-order valence-corrected chi connectivity index (χ3v) is 3.45. The van der Waals surface area contributed by atoms with E-state index in [0.29, 0.717) is 23.6 Å². The number of carbonyl (C=O) groups is 1. The molecule has 0 saturated carbocycles. The van der Waals surface area contributed by atoms with Crippen LogP contribution < -0.4 is 20.3 Å². The van der Waals surface area contributed by atoms with Crippen LogP contribution in [-0.4, -0.2) is 25.1 Å². The number of nitrogens with one attached hydrogen (secondary N) is 2. The molecule has 0 aliphatic rings. The van der Waals surface area contributed by atoms with Gasteiger partial charge in [-0.15, -0.1) is 0 Å². The maximum absolute atomic E-state index is 12.7. The van der Waals surface area contributed by atoms with E-state index in [0.717, 1.165) is 6.07 Å². The zero-order valence-electron chi connectivity index (χ0n) is 14.1. The summed E-state index contributed by atoms with van der Waals surface area (Å²) in [5.41, 5.74) is 2.22. The van der Waals surface area contributed by atoms with E-state index in [1.807, 2.05) is 0 Å². The van der Waals surface area contributed by atoms with Crippen LogP contribution in [0.15, 0.2) is 36.4 Å². The van der Waals surface area contributed by atoms with Gasteiger partial charge in [-0.2, -0.15) is 13.2 Å². The van der Waals surface area contributed by atoms with Crippen molar-refractivity contribution in [3.05, 3.63) is 57.6 Å². The summed E-state index contributed by atoms with van der Waals surface area (Å²) in [6.07, 6.45) is -4.73. The predicted molar refractivity (Wildman–Crippen MR) is 88.7 cm³/mol. The number of alkyl halides is 3. The molecule has 2 aromatic carbocycles. The van der Waals surface area contributed by atoms with Gasteiger partial charge in [-0.05, 0) is 24.3 Å². The first-order valence-corrected chi connectivity index (χ1v) is 7.30. The highest BCUT2D eigenvalue weighted by Gasteiger charge is 2.33. The van der Waals surface area contributed by atoms with Crippen LogP contribution in [0.3, 0.4) is 0 Å². The summed E-state index contributed by atoms with van der Waals surface area (Å²) in [4.78, 5) is 22.3. The van der Waals surface area contributed by atoms with Gasteiger partial charge in [-0.25, -0.2) is 0 Å². The van der Waals surface area contributed by atoms with E-state index in [9.17, 15) is 28.1 Å². The second kappa shape index (κ2) is 7.81. The first kappa shape index (κ1) is 19.8. The van der Waals surface area contributed by atoms with Gasteiger partial charge in [0.05, 0.1) is 24.7 Å². The largest absolute Gasteiger partial charge is 0.497 e. The number of amides is 1. The first-order chi connectivity index (χ1) is 12.7. The lowest BCUT2D eigenvalue weighted by Gasteiger charge is -2.12. The number of nitrogens with zero attached hydrogens (tertiary/aromatic N) is 1. The summed E-state index contributed by atoms with van der Waals surface area (Å²) >= 11 is 0. The van der Waals surface area contributed by atoms with Crippen molar-refractivity contribution >= 4 is 17.3 Å². The number of hydrazine groups is 1. The van der Waals surface area contributed by atoms with Crippen LogP contribution in [0, 0.1) is 10.1 Å². The smallest absolute Gasteiger partial charge is 0.416 e. The number of carbonyl (C=O) groups excluding carboxylic acids is 1. The lowest BCUT2D eigenvalue weighted by Crippen LogP contribution is -2.29. The number of rotatable bonds is 6. The molecule has 0 unspecified atom stereocenters. The van der Waals surface area contributed by atoms with Crippen molar-refractivity contribution in [2.45, 2.75) is 6.18 Å². The molecule has 144 valence electrons. The fourth-order valence-corrected chi connectivity index (χ4v) is 2.10. The average molecular weight is 385 g/mol. The van der Waals surface area contributed by atoms with E-state index in [1.165, 1.54) is 32.4 Å². The van der Waals surface area contributed by atoms with Gasteiger partial charge in [0.15, 0.2) is 0 Å². The number of benzene rings is 2. The summed E-state index contributed by atoms with van der Waals surface area (Å²) in [6, 6.07) is 6.21. The van der Waals surface area contributed by atoms with Gasteiger partial charge in [0.2, 0.25) is 0 Å². The first-order valence-electron chi connectivity index (χ1n) is 7.30. The summed E-state index contributed by atoms with van der Waals surface area (Å²) in [5.74, 6) is -0.0404. The van der Waals surface area contributed by atoms with Crippen LogP contribution in [0.1, 0.15) is 15.9 Å². The molecule has 27 heavy (non-hydrogen) atoms. The Hall–Kier alpha value is -3.50. The molecule has 0 aromatic heterocycles. The molecule has 2 rings (SSSR count). The second-order valence-corrected chi connectivity index (χ2v) is 5.17. The van der Waals surface area contributed by atoms with Gasteiger partial charge in [-0.3, -0.25) is 25.8 Å². The lowest BCUT2D eigenvalue weighted by molar-refractivity contribution is -0.384. The number of anilines is 1. The van der Waals surface area contributed by atoms with E-state index in [4.69, 9.17) is 9.47 Å². The van der Waals surface area contributed by atoms with Crippen LogP contribution in [0.4, 0.5) is 24.5 Å². The number of nitro benzene ring substituents is 1. The second-order valence-electron chi connectivity index (χ2n) is 5.17. The molecule has 0 radical (unpaired) electrons. The maximum Gasteiger partial charge on any atom is 0.416 e. The number of nitro groups is 1. The molecule has 2 N–H and O–H groups in total. The summed E-state index contributed by atoms with van der Waals surface area (Å²) in [6.45, 7) is 0. The number of hydrogen-bond donors (Lipinski definition) is 2. The highest BCUT2D eigenvalue weighted by Crippen LogP contribution is 2.34. The monoisotopic (exact) mass is 385 g/mol. The van der Waals surface area contributed by atoms with Crippen LogP contribution in [-0.2, 0) is 6.18 Å². The Balaban J connectivity index is 2.23. The van der Waals surface area contributed by atoms with Crippen molar-refractivity contribution in [3.63, 3.8) is 0 Å². The topological polar surface area (TPSA) is 103 Å². The van der Waals surface area contributed by atoms with Crippen molar-refractivity contribution in [1.29, 1.82) is 0 Å². The minimum atomic E-state index is -4.73. The van der Waals surface area contributed by atoms with Crippen LogP contribution in [0.5, 0.6) is 11.5 Å². The Morgan fingerprint density at radius 1 is 1.07 bits per heavy atom. The number of halogens is 3. The van der Waals surface area contributed by atoms with Crippen LogP contribution in [0.2, 0.25) is 0 Å². The molecule has 0 bridgehead atoms. The molecule has 1 amide bonds. The maximum atomic E-state index is 12.7. The third kappa shape index (κ3) is 4.77. The average Bonchev–Trinajstić information content (AvgIpc) is 2.64. The molecule has 0 heterocycles. The molecule has 0 spiro atoms. The van der Waals surface area contributed by atoms with Gasteiger partial charge in [0, 0.05) is 17.7 Å². The van der Waals surface area contributed by atoms with Crippen LogP contribution in [0.25, 0.3) is 0 Å². The standard InChI is InChI=1S/C16H14F3N3O5/c1-26-11-5-9(6-12(8-11)27-2)15(23)21-20-13-4-3-10(16(17,18)19)7-14(13)22(24)25/h3-8,20H,1-2H3,(H,21,23). The molecule has 8 nitrogen and oxygen atoms in total. The molecule has 11 heteroatoms. The quantitative estimate of drug-likeness (QED) is 0.584. The van der Waals surface area contributed by atoms with E-state index in [2.05, 4.69) is 10.9 Å². The number of methoxy groups -OCH3 is 2. The molecule has 0 fully saturated rings. The molecule has 0 aliphatic heterocycles. The van der Waals surface area contributed by atoms with E-state index < -0.39 is 28.3 Å². The Kier molecular flexibility index (Phi) is 5.73. The minimum Gasteiger partial charge on any atom is -0.497 e. The zero-order valence-corrected chi connectivity index (χ0v) is 14.1. The Morgan fingerprint density at radius 2 is 1.67 bits per heavy atom. The molecule has 2 aromatic rings. The van der Waals surface area contributed by atoms with Crippen molar-refractivity contribution < 1.29 is 32.4 Å². The van der Waals surface area contributed by atoms with Crippen LogP contribution >= 0.6 is 0 Å². The highest BCUT2D eigenvalue weighted by atomic mass is 19.4. The Bertz CT molecular complexity index is 849. The molecule has 0 aliphatic carbocycles. The van der Waals surface area contributed by atoms with Gasteiger partial charge in [-0.1, -0.05) is 0 Å². The minimum absolute atomic E-state index is 0.105. The highest BCUT2D eigenvalue weighted by molar-refractivity contribution is 5.96. The van der Waals surface area contributed by atoms with E-state index >= 15 is 0 Å². The normalized spacial score (nSPS) is 10.9. The summed E-state index contributed by atoms with van der Waals surface area (Å²) in [7, 11) is 2.78. The molecule has 0 saturated heterocycles. The fourth-order valence-electron chi connectivity index (χ4n) is 2.10. The number of ether oxygens (including phenoxy) is 2. The fraction of sp³-hybridized carbons (Fsp3) is 0.188. The van der Waals surface area contributed by atoms with Crippen molar-refractivity contribution in [3.8, 4) is 11.5 Å². The van der Waals surface area contributed by atoms with Crippen molar-refractivity contribution in [1.82, 2.24) is 5.43 Å². The predicted octanol–water partition coefficient (Wildman–Crippen LogP) is 3.39. The van der Waals surface area contributed by atoms with Gasteiger partial charge in [0.25, 0.3) is 11.6 Å². The molecular weight excluding hydrogens is 371 g/mol. The zero-order chi connectivity index (χ0) is 20.2. The van der Waals surface area contributed by atoms with E-state index in [1.54, 1.807) is 0 Å². The summed E-state index contributed by atoms with van der Waals surface area (Å²) < 4.78 is 48.2. The SMILES string of the molecule is COc1cc(OC)cc(C(=O)NNc2ccc(C(F)(F)F)cc2[N+](=O)[O-])c1. The lowest BCUT2D eigenvalue weighted by atomic mass is 10.1. The Labute approximate surface area is 151 Å². The summed E-state index contributed by atoms with van der Waals surface area (Å²) in [5, 5.41) is 11.0. The third-order valence-electron chi connectivity index (χ3n) is 3.45. The number of hydrogen-bond acceptors (Lipinski definition) is 6. The van der Waals surface area contributed by atoms with E-state index in [-0.39, 0.29) is 11.3 Å². The van der Waals surface area contributed by atoms with Gasteiger partial charge < -0.3 is 9.47 Å². The van der Waals surface area contributed by atoms with Crippen molar-refractivity contribution in [2.75, 3.05) is 19.6 Å². The van der Waals surface area contributed by atoms with Gasteiger partial charge >= 0.3 is 6.18 Å². The van der Waals surface area contributed by atoms with Crippen molar-refractivity contribution in [2.24, 2.45) is 0 Å². The molecule has 0 atom stereocenters. The molecular formula is C16H14F3N3O5. The Morgan fingerprint density at radius 3 is 2.15 bits per heavy atom.